The standard InChI is InChI=1S/C18H26N2O5/c1-18(2,3)25-17(23)19-9-12-5-6-20(10-12)14-8-16(24-4)15(22)7-13(14)11-21/h7-8,11-12,22H,5-6,9-10H2,1-4H3,(H,19,23). The number of nitrogens with one attached hydrogen (secondary N) is 1. The Morgan fingerprint density at radius 1 is 1.44 bits per heavy atom. The van der Waals surface area contributed by atoms with Crippen molar-refractivity contribution in [1.82, 2.24) is 5.32 Å². The van der Waals surface area contributed by atoms with Crippen LogP contribution in [-0.2, 0) is 4.74 Å². The molecule has 1 aliphatic heterocycles. The van der Waals surface area contributed by atoms with E-state index in [9.17, 15) is 14.7 Å². The zero-order valence-corrected chi connectivity index (χ0v) is 15.2. The summed E-state index contributed by atoms with van der Waals surface area (Å²) >= 11 is 0. The number of phenolic OH excluding ortho intramolecular Hbond substituents is 1. The van der Waals surface area contributed by atoms with Crippen LogP contribution in [0.1, 0.15) is 37.6 Å². The Morgan fingerprint density at radius 3 is 2.76 bits per heavy atom. The molecule has 0 saturated carbocycles. The summed E-state index contributed by atoms with van der Waals surface area (Å²) in [6.07, 6.45) is 1.18. The molecule has 25 heavy (non-hydrogen) atoms. The predicted octanol–water partition coefficient (Wildman–Crippen LogP) is 2.56. The van der Waals surface area contributed by atoms with Gasteiger partial charge in [0, 0.05) is 31.3 Å². The number of rotatable bonds is 5. The smallest absolute Gasteiger partial charge is 0.407 e. The molecule has 2 N–H and O–H groups in total. The van der Waals surface area contributed by atoms with Crippen LogP contribution in [0.15, 0.2) is 12.1 Å². The van der Waals surface area contributed by atoms with Crippen molar-refractivity contribution in [2.24, 2.45) is 5.92 Å². The van der Waals surface area contributed by atoms with Crippen molar-refractivity contribution < 1.29 is 24.2 Å². The van der Waals surface area contributed by atoms with Gasteiger partial charge in [-0.05, 0) is 39.2 Å². The minimum absolute atomic E-state index is 0.0595. The normalized spacial score (nSPS) is 17.3. The molecule has 1 fully saturated rings. The molecule has 1 aromatic rings. The van der Waals surface area contributed by atoms with Crippen LogP contribution in [0.2, 0.25) is 0 Å². The molecule has 0 radical (unpaired) electrons. The summed E-state index contributed by atoms with van der Waals surface area (Å²) in [7, 11) is 1.47. The Labute approximate surface area is 147 Å². The van der Waals surface area contributed by atoms with Gasteiger partial charge in [-0.15, -0.1) is 0 Å². The Hall–Kier alpha value is -2.44. The van der Waals surface area contributed by atoms with Crippen LogP contribution in [0.5, 0.6) is 11.5 Å². The molecule has 1 unspecified atom stereocenters. The number of carbonyl (C=O) groups is 2. The minimum Gasteiger partial charge on any atom is -0.504 e. The lowest BCUT2D eigenvalue weighted by molar-refractivity contribution is 0.0520. The zero-order valence-electron chi connectivity index (χ0n) is 15.2. The second-order valence-corrected chi connectivity index (χ2v) is 7.18. The van der Waals surface area contributed by atoms with Crippen molar-refractivity contribution in [2.75, 3.05) is 31.6 Å². The van der Waals surface area contributed by atoms with Crippen molar-refractivity contribution in [3.63, 3.8) is 0 Å². The van der Waals surface area contributed by atoms with E-state index in [0.717, 1.165) is 24.9 Å². The molecule has 1 atom stereocenters. The number of amides is 1. The third-order valence-corrected chi connectivity index (χ3v) is 4.02. The van der Waals surface area contributed by atoms with E-state index in [1.807, 2.05) is 20.8 Å². The number of aldehydes is 1. The van der Waals surface area contributed by atoms with Gasteiger partial charge in [-0.2, -0.15) is 0 Å². The fourth-order valence-electron chi connectivity index (χ4n) is 2.87. The SMILES string of the molecule is COc1cc(N2CCC(CNC(=O)OC(C)(C)C)C2)c(C=O)cc1O. The summed E-state index contributed by atoms with van der Waals surface area (Å²) in [5, 5.41) is 12.6. The summed E-state index contributed by atoms with van der Waals surface area (Å²) in [5.41, 5.74) is 0.622. The Balaban J connectivity index is 1.99. The lowest BCUT2D eigenvalue weighted by Crippen LogP contribution is -2.36. The van der Waals surface area contributed by atoms with Crippen molar-refractivity contribution >= 4 is 18.1 Å². The quantitative estimate of drug-likeness (QED) is 0.794. The summed E-state index contributed by atoms with van der Waals surface area (Å²) in [4.78, 5) is 25.1. The number of carbonyl (C=O) groups excluding carboxylic acids is 2. The number of phenols is 1. The first kappa shape index (κ1) is 18.9. The maximum absolute atomic E-state index is 11.8. The number of anilines is 1. The first-order chi connectivity index (χ1) is 11.7. The summed E-state index contributed by atoms with van der Waals surface area (Å²) in [5.74, 6) is 0.526. The van der Waals surface area contributed by atoms with Gasteiger partial charge >= 0.3 is 6.09 Å². The van der Waals surface area contributed by atoms with Crippen molar-refractivity contribution in [2.45, 2.75) is 32.8 Å². The lowest BCUT2D eigenvalue weighted by Gasteiger charge is -2.22. The van der Waals surface area contributed by atoms with Crippen LogP contribution < -0.4 is 15.0 Å². The van der Waals surface area contributed by atoms with E-state index in [1.165, 1.54) is 13.2 Å². The third-order valence-electron chi connectivity index (χ3n) is 4.02. The van der Waals surface area contributed by atoms with E-state index >= 15 is 0 Å². The molecule has 7 heteroatoms. The third kappa shape index (κ3) is 5.01. The molecule has 1 aliphatic rings. The van der Waals surface area contributed by atoms with Crippen molar-refractivity contribution in [3.8, 4) is 11.5 Å². The molecule has 0 spiro atoms. The van der Waals surface area contributed by atoms with Crippen molar-refractivity contribution in [3.05, 3.63) is 17.7 Å². The number of ether oxygens (including phenoxy) is 2. The Bertz CT molecular complexity index is 639. The van der Waals surface area contributed by atoms with E-state index in [4.69, 9.17) is 9.47 Å². The number of methoxy groups -OCH3 is 1. The molecule has 7 nitrogen and oxygen atoms in total. The number of nitrogens with zero attached hydrogens (tertiary/aromatic N) is 1. The molecular weight excluding hydrogens is 324 g/mol. The van der Waals surface area contributed by atoms with Gasteiger partial charge in [0.25, 0.3) is 0 Å². The second-order valence-electron chi connectivity index (χ2n) is 7.18. The van der Waals surface area contributed by atoms with Gasteiger partial charge in [0.05, 0.1) is 12.8 Å². The van der Waals surface area contributed by atoms with Crippen LogP contribution in [0.3, 0.4) is 0 Å². The molecule has 0 bridgehead atoms. The first-order valence-corrected chi connectivity index (χ1v) is 8.31. The summed E-state index contributed by atoms with van der Waals surface area (Å²) < 4.78 is 10.4. The van der Waals surface area contributed by atoms with Crippen LogP contribution in [0, 0.1) is 5.92 Å². The van der Waals surface area contributed by atoms with Gasteiger partial charge in [0.2, 0.25) is 0 Å². The van der Waals surface area contributed by atoms with Gasteiger partial charge in [-0.1, -0.05) is 0 Å². The largest absolute Gasteiger partial charge is 0.504 e. The van der Waals surface area contributed by atoms with Gasteiger partial charge in [0.1, 0.15) is 5.60 Å². The predicted molar refractivity (Wildman–Crippen MR) is 94.6 cm³/mol. The van der Waals surface area contributed by atoms with E-state index in [1.54, 1.807) is 6.07 Å². The maximum atomic E-state index is 11.8. The lowest BCUT2D eigenvalue weighted by atomic mass is 10.1. The highest BCUT2D eigenvalue weighted by Crippen LogP contribution is 2.35. The van der Waals surface area contributed by atoms with Gasteiger partial charge in [-0.25, -0.2) is 4.79 Å². The molecule has 1 amide bonds. The molecule has 1 heterocycles. The summed E-state index contributed by atoms with van der Waals surface area (Å²) in [6, 6.07) is 3.08. The zero-order chi connectivity index (χ0) is 18.6. The molecule has 1 saturated heterocycles. The Morgan fingerprint density at radius 2 is 2.16 bits per heavy atom. The highest BCUT2D eigenvalue weighted by molar-refractivity contribution is 5.86. The van der Waals surface area contributed by atoms with Crippen LogP contribution >= 0.6 is 0 Å². The topological polar surface area (TPSA) is 88.1 Å². The average molecular weight is 350 g/mol. The number of benzene rings is 1. The number of alkyl carbamates (subject to hydrolysis) is 1. The van der Waals surface area contributed by atoms with E-state index in [-0.39, 0.29) is 11.7 Å². The van der Waals surface area contributed by atoms with Crippen molar-refractivity contribution in [1.29, 1.82) is 0 Å². The highest BCUT2D eigenvalue weighted by atomic mass is 16.6. The monoisotopic (exact) mass is 350 g/mol. The van der Waals surface area contributed by atoms with E-state index in [0.29, 0.717) is 24.4 Å². The van der Waals surface area contributed by atoms with Crippen LogP contribution in [0.4, 0.5) is 10.5 Å². The number of hydrogen-bond donors (Lipinski definition) is 2. The van der Waals surface area contributed by atoms with E-state index in [2.05, 4.69) is 10.2 Å². The molecule has 0 aromatic heterocycles. The number of hydrogen-bond acceptors (Lipinski definition) is 6. The molecule has 0 aliphatic carbocycles. The van der Waals surface area contributed by atoms with E-state index < -0.39 is 11.7 Å². The maximum Gasteiger partial charge on any atom is 0.407 e. The molecular formula is C18H26N2O5. The second kappa shape index (κ2) is 7.63. The average Bonchev–Trinajstić information content (AvgIpc) is 2.99. The molecule has 138 valence electrons. The molecule has 2 rings (SSSR count). The van der Waals surface area contributed by atoms with Gasteiger partial charge in [0.15, 0.2) is 17.8 Å². The van der Waals surface area contributed by atoms with Gasteiger partial charge in [-0.3, -0.25) is 4.79 Å². The highest BCUT2D eigenvalue weighted by Gasteiger charge is 2.26. The fraction of sp³-hybridized carbons (Fsp3) is 0.556. The molecule has 1 aromatic carbocycles. The summed E-state index contributed by atoms with van der Waals surface area (Å²) in [6.45, 7) is 7.44. The van der Waals surface area contributed by atoms with Crippen LogP contribution in [-0.4, -0.2) is 49.8 Å². The van der Waals surface area contributed by atoms with Crippen LogP contribution in [0.25, 0.3) is 0 Å². The first-order valence-electron chi connectivity index (χ1n) is 8.31. The van der Waals surface area contributed by atoms with Gasteiger partial charge < -0.3 is 24.8 Å². The fourth-order valence-corrected chi connectivity index (χ4v) is 2.87. The Kier molecular flexibility index (Phi) is 5.77. The number of aromatic hydroxyl groups is 1. The minimum atomic E-state index is -0.521.